The summed E-state index contributed by atoms with van der Waals surface area (Å²) in [5, 5.41) is 0.747. The first-order chi connectivity index (χ1) is 27.0. The molecule has 0 bridgehead atoms. The molecular formula is C45H46F3N3O6. The molecular weight excluding hydrogens is 736 g/mol. The number of hydrogen-bond donors (Lipinski definition) is 0. The Labute approximate surface area is 330 Å². The Morgan fingerprint density at radius 3 is 1.77 bits per heavy atom. The first-order valence-electron chi connectivity index (χ1n) is 19.1. The minimum absolute atomic E-state index is 0.280. The lowest BCUT2D eigenvalue weighted by atomic mass is 9.98. The number of carbonyl (C=O) groups is 2. The van der Waals surface area contributed by atoms with E-state index in [2.05, 4.69) is 0 Å². The summed E-state index contributed by atoms with van der Waals surface area (Å²) in [4.78, 5) is 33.7. The van der Waals surface area contributed by atoms with Gasteiger partial charge < -0.3 is 28.7 Å². The molecule has 12 heteroatoms. The highest BCUT2D eigenvalue weighted by atomic mass is 19.2. The van der Waals surface area contributed by atoms with E-state index in [4.69, 9.17) is 23.9 Å². The van der Waals surface area contributed by atoms with Gasteiger partial charge in [-0.25, -0.2) is 27.7 Å². The molecule has 0 aliphatic carbocycles. The molecule has 2 aliphatic rings. The number of aromatic nitrogens is 1. The van der Waals surface area contributed by atoms with Gasteiger partial charge in [-0.05, 0) is 113 Å². The zero-order valence-corrected chi connectivity index (χ0v) is 32.9. The lowest BCUT2D eigenvalue weighted by molar-refractivity contribution is 0.0266. The van der Waals surface area contributed by atoms with E-state index < -0.39 is 28.9 Å². The van der Waals surface area contributed by atoms with E-state index in [9.17, 15) is 22.8 Å². The molecule has 1 unspecified atom stereocenters. The van der Waals surface area contributed by atoms with Crippen LogP contribution in [0.2, 0.25) is 0 Å². The molecule has 4 aromatic carbocycles. The van der Waals surface area contributed by atoms with Gasteiger partial charge in [-0.1, -0.05) is 24.3 Å². The molecule has 5 aromatic rings. The fourth-order valence-corrected chi connectivity index (χ4v) is 6.94. The highest BCUT2D eigenvalue weighted by Gasteiger charge is 2.33. The van der Waals surface area contributed by atoms with Crippen LogP contribution >= 0.6 is 0 Å². The van der Waals surface area contributed by atoms with E-state index in [0.717, 1.165) is 28.6 Å². The Bertz CT molecular complexity index is 2300. The van der Waals surface area contributed by atoms with Crippen LogP contribution in [-0.4, -0.2) is 76.6 Å². The predicted octanol–water partition coefficient (Wildman–Crippen LogP) is 10.4. The normalized spacial score (nSPS) is 17.2. The number of benzene rings is 4. The quantitative estimate of drug-likeness (QED) is 0.162. The zero-order chi connectivity index (χ0) is 40.6. The second kappa shape index (κ2) is 15.6. The van der Waals surface area contributed by atoms with Gasteiger partial charge in [-0.15, -0.1) is 0 Å². The molecule has 2 amide bonds. The van der Waals surface area contributed by atoms with E-state index in [1.807, 2.05) is 77.9 Å². The summed E-state index contributed by atoms with van der Waals surface area (Å²) in [6.45, 7) is 12.5. The van der Waals surface area contributed by atoms with Crippen molar-refractivity contribution in [3.05, 3.63) is 102 Å². The number of nitrogens with zero attached hydrogens (tertiary/aromatic N) is 3. The third kappa shape index (κ3) is 9.44. The van der Waals surface area contributed by atoms with E-state index in [0.29, 0.717) is 78.4 Å². The fraction of sp³-hybridized carbons (Fsp3) is 0.356. The number of rotatable bonds is 7. The molecule has 0 spiro atoms. The van der Waals surface area contributed by atoms with Gasteiger partial charge in [0.2, 0.25) is 0 Å². The van der Waals surface area contributed by atoms with E-state index in [-0.39, 0.29) is 24.1 Å². The third-order valence-electron chi connectivity index (χ3n) is 9.63. The number of ether oxygens (including phenoxy) is 4. The van der Waals surface area contributed by atoms with Gasteiger partial charge in [0.15, 0.2) is 11.6 Å². The van der Waals surface area contributed by atoms with Gasteiger partial charge in [0.05, 0.1) is 24.3 Å². The standard InChI is InChI=1S/C45H46F3N3O6/c1-44(2,3)56-42(52)50-19-17-32(25-50)54-40-16-11-29(21-34(40)27-7-12-31(46)13-8-27)38-15-10-30-23-41(55-33-18-20-51(26-33)43(53)57-45(4,5)6)35(24-39(30)49-38)28-9-14-36(47)37(48)22-28/h7-16,21-24,32-33H,17-20,25-26H2,1-6H3/t32-,33?/m0/s1. The summed E-state index contributed by atoms with van der Waals surface area (Å²) >= 11 is 0. The number of halogens is 3. The summed E-state index contributed by atoms with van der Waals surface area (Å²) in [7, 11) is 0. The van der Waals surface area contributed by atoms with Crippen molar-refractivity contribution >= 4 is 23.1 Å². The average molecular weight is 782 g/mol. The number of fused-ring (bicyclic) bond motifs is 1. The summed E-state index contributed by atoms with van der Waals surface area (Å²) in [5.41, 5.74) is 3.07. The number of pyridine rings is 1. The maximum Gasteiger partial charge on any atom is 0.410 e. The maximum atomic E-state index is 14.6. The van der Waals surface area contributed by atoms with Crippen LogP contribution < -0.4 is 9.47 Å². The second-order valence-electron chi connectivity index (χ2n) is 16.5. The van der Waals surface area contributed by atoms with Crippen LogP contribution in [0.3, 0.4) is 0 Å². The highest BCUT2D eigenvalue weighted by Crippen LogP contribution is 2.39. The Hall–Kier alpha value is -5.78. The molecule has 0 radical (unpaired) electrons. The van der Waals surface area contributed by atoms with Gasteiger partial charge in [-0.2, -0.15) is 0 Å². The van der Waals surface area contributed by atoms with Crippen molar-refractivity contribution in [2.24, 2.45) is 0 Å². The van der Waals surface area contributed by atoms with E-state index >= 15 is 0 Å². The fourth-order valence-electron chi connectivity index (χ4n) is 6.94. The Morgan fingerprint density at radius 2 is 1.18 bits per heavy atom. The van der Waals surface area contributed by atoms with Crippen LogP contribution in [0.4, 0.5) is 22.8 Å². The maximum absolute atomic E-state index is 14.6. The monoisotopic (exact) mass is 781 g/mol. The minimum atomic E-state index is -0.997. The number of carbonyl (C=O) groups excluding carboxylic acids is 2. The van der Waals surface area contributed by atoms with Crippen LogP contribution in [0, 0.1) is 17.5 Å². The smallest absolute Gasteiger partial charge is 0.410 e. The van der Waals surface area contributed by atoms with Gasteiger partial charge >= 0.3 is 12.2 Å². The van der Waals surface area contributed by atoms with E-state index in [1.165, 1.54) is 18.2 Å². The first-order valence-corrected chi connectivity index (χ1v) is 19.1. The van der Waals surface area contributed by atoms with Gasteiger partial charge in [-0.3, -0.25) is 0 Å². The van der Waals surface area contributed by atoms with Gasteiger partial charge in [0.25, 0.3) is 0 Å². The first kappa shape index (κ1) is 39.5. The predicted molar refractivity (Wildman–Crippen MR) is 212 cm³/mol. The van der Waals surface area contributed by atoms with Gasteiger partial charge in [0.1, 0.15) is 40.7 Å². The number of likely N-dealkylation sites (tertiary alicyclic amines) is 2. The van der Waals surface area contributed by atoms with Gasteiger partial charge in [0, 0.05) is 48.0 Å². The number of amides is 2. The summed E-state index contributed by atoms with van der Waals surface area (Å²) < 4.78 is 66.8. The van der Waals surface area contributed by atoms with Crippen molar-refractivity contribution in [2.45, 2.75) is 77.8 Å². The molecule has 298 valence electrons. The Balaban J connectivity index is 1.20. The molecule has 1 aromatic heterocycles. The van der Waals surface area contributed by atoms with Crippen LogP contribution in [0.1, 0.15) is 54.4 Å². The number of hydrogen-bond acceptors (Lipinski definition) is 7. The molecule has 7 rings (SSSR count). The molecule has 3 heterocycles. The zero-order valence-electron chi connectivity index (χ0n) is 32.9. The van der Waals surface area contributed by atoms with Crippen LogP contribution in [0.15, 0.2) is 84.9 Å². The van der Waals surface area contributed by atoms with E-state index in [1.54, 1.807) is 28.0 Å². The largest absolute Gasteiger partial charge is 0.488 e. The summed E-state index contributed by atoms with van der Waals surface area (Å²) in [6.07, 6.45) is -0.274. The van der Waals surface area contributed by atoms with Crippen LogP contribution in [0.5, 0.6) is 11.5 Å². The highest BCUT2D eigenvalue weighted by molar-refractivity contribution is 5.90. The van der Waals surface area contributed by atoms with Crippen LogP contribution in [0.25, 0.3) is 44.4 Å². The van der Waals surface area contributed by atoms with Crippen molar-refractivity contribution in [2.75, 3.05) is 26.2 Å². The minimum Gasteiger partial charge on any atom is -0.488 e. The van der Waals surface area contributed by atoms with Crippen molar-refractivity contribution in [1.82, 2.24) is 14.8 Å². The van der Waals surface area contributed by atoms with Crippen molar-refractivity contribution in [3.8, 4) is 45.0 Å². The summed E-state index contributed by atoms with van der Waals surface area (Å²) in [6, 6.07) is 22.9. The third-order valence-corrected chi connectivity index (χ3v) is 9.63. The molecule has 2 aliphatic heterocycles. The lowest BCUT2D eigenvalue weighted by Gasteiger charge is -2.24. The van der Waals surface area contributed by atoms with Crippen molar-refractivity contribution < 1.29 is 41.7 Å². The molecule has 0 N–H and O–H groups in total. The Kier molecular flexibility index (Phi) is 10.8. The SMILES string of the molecule is CC(C)(C)OC(=O)N1CCC(Oc2cc3ccc(-c4ccc(O[C@H]5CCN(C(=O)OC(C)(C)C)C5)c(-c5ccc(F)cc5)c4)nc3cc2-c2ccc(F)c(F)c2)C1. The van der Waals surface area contributed by atoms with Crippen molar-refractivity contribution in [3.63, 3.8) is 0 Å². The lowest BCUT2D eigenvalue weighted by Crippen LogP contribution is -2.36. The van der Waals surface area contributed by atoms with Crippen molar-refractivity contribution in [1.29, 1.82) is 0 Å². The second-order valence-corrected chi connectivity index (χ2v) is 16.5. The molecule has 57 heavy (non-hydrogen) atoms. The summed E-state index contributed by atoms with van der Waals surface area (Å²) in [5.74, 6) is -1.32. The Morgan fingerprint density at radius 1 is 0.614 bits per heavy atom. The molecule has 2 saturated heterocycles. The molecule has 2 atom stereocenters. The average Bonchev–Trinajstić information content (AvgIpc) is 3.82. The molecule has 2 fully saturated rings. The topological polar surface area (TPSA) is 90.4 Å². The van der Waals surface area contributed by atoms with Crippen LogP contribution in [-0.2, 0) is 9.47 Å². The molecule has 9 nitrogen and oxygen atoms in total. The molecule has 0 saturated carbocycles.